The first-order valence-corrected chi connectivity index (χ1v) is 7.10. The van der Waals surface area contributed by atoms with E-state index >= 15 is 0 Å². The molecule has 3 nitrogen and oxygen atoms in total. The van der Waals surface area contributed by atoms with Crippen molar-refractivity contribution in [2.75, 3.05) is 52.4 Å². The largest absolute Gasteiger partial charge is 0.314 e. The number of unbranched alkanes of at least 4 members (excludes halogenated alkanes) is 1. The Kier molecular flexibility index (Phi) is 5.59. The van der Waals surface area contributed by atoms with E-state index in [9.17, 15) is 0 Å². The molecular weight excluding hydrogens is 198 g/mol. The molecular formula is C13H27N3. The number of likely N-dealkylation sites (tertiary alicyclic amines) is 1. The van der Waals surface area contributed by atoms with Gasteiger partial charge in [-0.05, 0) is 51.9 Å². The Hall–Kier alpha value is -0.120. The second-order valence-corrected chi connectivity index (χ2v) is 5.20. The minimum atomic E-state index is 1.19. The van der Waals surface area contributed by atoms with E-state index < -0.39 is 0 Å². The van der Waals surface area contributed by atoms with Crippen LogP contribution in [0.15, 0.2) is 0 Å². The fourth-order valence-electron chi connectivity index (χ4n) is 2.79. The minimum absolute atomic E-state index is 1.19. The number of nitrogens with zero attached hydrogens (tertiary/aromatic N) is 2. The highest BCUT2D eigenvalue weighted by Crippen LogP contribution is 2.09. The lowest BCUT2D eigenvalue weighted by atomic mass is 10.1. The molecule has 2 aliphatic heterocycles. The summed E-state index contributed by atoms with van der Waals surface area (Å²) in [5.41, 5.74) is 0. The SMILES string of the molecule is C1CCN(CCCCN2CCNCC2)CC1. The van der Waals surface area contributed by atoms with Gasteiger partial charge in [0.05, 0.1) is 0 Å². The van der Waals surface area contributed by atoms with Crippen molar-refractivity contribution in [3.05, 3.63) is 0 Å². The summed E-state index contributed by atoms with van der Waals surface area (Å²) >= 11 is 0. The second kappa shape index (κ2) is 7.25. The first kappa shape index (κ1) is 12.3. The summed E-state index contributed by atoms with van der Waals surface area (Å²) in [7, 11) is 0. The van der Waals surface area contributed by atoms with E-state index in [1.165, 1.54) is 84.5 Å². The van der Waals surface area contributed by atoms with Crippen LogP contribution in [-0.2, 0) is 0 Å². The normalized spacial score (nSPS) is 24.8. The number of rotatable bonds is 5. The average Bonchev–Trinajstić information content (AvgIpc) is 2.37. The summed E-state index contributed by atoms with van der Waals surface area (Å²) in [6.07, 6.45) is 7.09. The molecule has 2 rings (SSSR count). The number of nitrogens with one attached hydrogen (secondary N) is 1. The van der Waals surface area contributed by atoms with Crippen LogP contribution in [-0.4, -0.2) is 62.2 Å². The van der Waals surface area contributed by atoms with Gasteiger partial charge < -0.3 is 15.1 Å². The summed E-state index contributed by atoms with van der Waals surface area (Å²) in [6.45, 7) is 10.2. The standard InChI is InChI=1S/C13H27N3/c1-2-8-15(9-3-1)10-4-5-11-16-12-6-14-7-13-16/h14H,1-13H2. The summed E-state index contributed by atoms with van der Waals surface area (Å²) < 4.78 is 0. The molecule has 2 fully saturated rings. The summed E-state index contributed by atoms with van der Waals surface area (Å²) in [4.78, 5) is 5.26. The maximum absolute atomic E-state index is 3.41. The van der Waals surface area contributed by atoms with Gasteiger partial charge >= 0.3 is 0 Å². The molecule has 2 heterocycles. The van der Waals surface area contributed by atoms with Gasteiger partial charge in [0.1, 0.15) is 0 Å². The Morgan fingerprint density at radius 3 is 1.88 bits per heavy atom. The topological polar surface area (TPSA) is 18.5 Å². The fraction of sp³-hybridized carbons (Fsp3) is 1.00. The third kappa shape index (κ3) is 4.40. The van der Waals surface area contributed by atoms with Crippen molar-refractivity contribution in [2.45, 2.75) is 32.1 Å². The summed E-state index contributed by atoms with van der Waals surface area (Å²) in [6, 6.07) is 0. The first-order valence-electron chi connectivity index (χ1n) is 7.10. The van der Waals surface area contributed by atoms with Crippen LogP contribution < -0.4 is 5.32 Å². The maximum atomic E-state index is 3.41. The molecule has 2 saturated heterocycles. The quantitative estimate of drug-likeness (QED) is 0.708. The molecule has 3 heteroatoms. The molecule has 0 aromatic heterocycles. The van der Waals surface area contributed by atoms with Crippen molar-refractivity contribution in [2.24, 2.45) is 0 Å². The van der Waals surface area contributed by atoms with E-state index in [0.29, 0.717) is 0 Å². The second-order valence-electron chi connectivity index (χ2n) is 5.20. The van der Waals surface area contributed by atoms with Crippen molar-refractivity contribution in [1.82, 2.24) is 15.1 Å². The molecule has 0 unspecified atom stereocenters. The van der Waals surface area contributed by atoms with Crippen LogP contribution in [0.2, 0.25) is 0 Å². The zero-order valence-electron chi connectivity index (χ0n) is 10.6. The molecule has 0 bridgehead atoms. The van der Waals surface area contributed by atoms with Gasteiger partial charge in [-0.1, -0.05) is 6.42 Å². The van der Waals surface area contributed by atoms with Crippen molar-refractivity contribution in [3.63, 3.8) is 0 Å². The van der Waals surface area contributed by atoms with Crippen molar-refractivity contribution >= 4 is 0 Å². The lowest BCUT2D eigenvalue weighted by Gasteiger charge is -2.28. The lowest BCUT2D eigenvalue weighted by Crippen LogP contribution is -2.43. The Morgan fingerprint density at radius 1 is 0.688 bits per heavy atom. The molecule has 2 aliphatic rings. The van der Waals surface area contributed by atoms with Gasteiger partial charge in [-0.15, -0.1) is 0 Å². The van der Waals surface area contributed by atoms with Crippen LogP contribution in [0.1, 0.15) is 32.1 Å². The summed E-state index contributed by atoms with van der Waals surface area (Å²) in [5, 5.41) is 3.41. The molecule has 0 amide bonds. The minimum Gasteiger partial charge on any atom is -0.314 e. The Balaban J connectivity index is 1.47. The van der Waals surface area contributed by atoms with Crippen molar-refractivity contribution < 1.29 is 0 Å². The fourth-order valence-corrected chi connectivity index (χ4v) is 2.79. The van der Waals surface area contributed by atoms with Gasteiger partial charge in [0.15, 0.2) is 0 Å². The Labute approximate surface area is 100 Å². The van der Waals surface area contributed by atoms with E-state index in [4.69, 9.17) is 0 Å². The van der Waals surface area contributed by atoms with Crippen LogP contribution in [0.3, 0.4) is 0 Å². The van der Waals surface area contributed by atoms with Crippen molar-refractivity contribution in [1.29, 1.82) is 0 Å². The molecule has 94 valence electrons. The van der Waals surface area contributed by atoms with Crippen LogP contribution in [0, 0.1) is 0 Å². The van der Waals surface area contributed by atoms with Crippen molar-refractivity contribution in [3.8, 4) is 0 Å². The molecule has 1 N–H and O–H groups in total. The van der Waals surface area contributed by atoms with E-state index in [1.54, 1.807) is 0 Å². The van der Waals surface area contributed by atoms with Gasteiger partial charge in [-0.2, -0.15) is 0 Å². The first-order chi connectivity index (χ1) is 7.95. The number of hydrogen-bond acceptors (Lipinski definition) is 3. The molecule has 16 heavy (non-hydrogen) atoms. The zero-order chi connectivity index (χ0) is 11.1. The molecule has 0 radical (unpaired) electrons. The maximum Gasteiger partial charge on any atom is 0.0107 e. The molecule has 0 aliphatic carbocycles. The average molecular weight is 225 g/mol. The molecule has 0 saturated carbocycles. The number of piperazine rings is 1. The van der Waals surface area contributed by atoms with Gasteiger partial charge in [-0.25, -0.2) is 0 Å². The predicted octanol–water partition coefficient (Wildman–Crippen LogP) is 1.16. The van der Waals surface area contributed by atoms with E-state index in [2.05, 4.69) is 15.1 Å². The van der Waals surface area contributed by atoms with Gasteiger partial charge in [-0.3, -0.25) is 0 Å². The molecule has 0 atom stereocenters. The number of piperidine rings is 1. The number of hydrogen-bond donors (Lipinski definition) is 1. The monoisotopic (exact) mass is 225 g/mol. The van der Waals surface area contributed by atoms with E-state index in [0.717, 1.165) is 0 Å². The predicted molar refractivity (Wildman–Crippen MR) is 68.8 cm³/mol. The Bertz CT molecular complexity index is 152. The van der Waals surface area contributed by atoms with Crippen LogP contribution in [0.25, 0.3) is 0 Å². The highest BCUT2D eigenvalue weighted by atomic mass is 15.2. The van der Waals surface area contributed by atoms with Gasteiger partial charge in [0.25, 0.3) is 0 Å². The van der Waals surface area contributed by atoms with E-state index in [1.807, 2.05) is 0 Å². The smallest absolute Gasteiger partial charge is 0.0107 e. The van der Waals surface area contributed by atoms with Crippen LogP contribution in [0.5, 0.6) is 0 Å². The van der Waals surface area contributed by atoms with Crippen LogP contribution >= 0.6 is 0 Å². The highest BCUT2D eigenvalue weighted by Gasteiger charge is 2.11. The van der Waals surface area contributed by atoms with Crippen LogP contribution in [0.4, 0.5) is 0 Å². The molecule has 0 spiro atoms. The van der Waals surface area contributed by atoms with E-state index in [-0.39, 0.29) is 0 Å². The third-order valence-corrected chi connectivity index (χ3v) is 3.86. The summed E-state index contributed by atoms with van der Waals surface area (Å²) in [5.74, 6) is 0. The van der Waals surface area contributed by atoms with Gasteiger partial charge in [0, 0.05) is 26.2 Å². The van der Waals surface area contributed by atoms with Gasteiger partial charge in [0.2, 0.25) is 0 Å². The highest BCUT2D eigenvalue weighted by molar-refractivity contribution is 4.68. The molecule has 0 aromatic carbocycles. The third-order valence-electron chi connectivity index (χ3n) is 3.86. The zero-order valence-corrected chi connectivity index (χ0v) is 10.6. The molecule has 0 aromatic rings. The Morgan fingerprint density at radius 2 is 1.25 bits per heavy atom. The lowest BCUT2D eigenvalue weighted by molar-refractivity contribution is 0.207.